The molecule has 3 heterocycles. The molecule has 0 atom stereocenters. The van der Waals surface area contributed by atoms with Gasteiger partial charge in [-0.15, -0.1) is 34.0 Å². The van der Waals surface area contributed by atoms with Gasteiger partial charge in [0.25, 0.3) is 0 Å². The number of hydrogen-bond acceptors (Lipinski definition) is 4. The summed E-state index contributed by atoms with van der Waals surface area (Å²) < 4.78 is 5.34. The van der Waals surface area contributed by atoms with Crippen molar-refractivity contribution in [2.45, 2.75) is 89.9 Å². The molecular formula is C30H38OS3. The van der Waals surface area contributed by atoms with E-state index in [1.165, 1.54) is 114 Å². The minimum Gasteiger partial charge on any atom is -0.297 e. The maximum Gasteiger partial charge on any atom is 0.160 e. The zero-order valence-corrected chi connectivity index (χ0v) is 22.8. The molecule has 0 aliphatic heterocycles. The topological polar surface area (TPSA) is 17.1 Å². The number of rotatable bonds is 6. The van der Waals surface area contributed by atoms with Crippen molar-refractivity contribution in [1.29, 1.82) is 0 Å². The second kappa shape index (κ2) is 10.6. The Kier molecular flexibility index (Phi) is 7.28. The van der Waals surface area contributed by atoms with Gasteiger partial charge in [-0.05, 0) is 73.5 Å². The summed E-state index contributed by atoms with van der Waals surface area (Å²) in [5.41, 5.74) is 0. The molecular weight excluding hydrogens is 473 g/mol. The van der Waals surface area contributed by atoms with Crippen molar-refractivity contribution in [1.82, 2.24) is 0 Å². The van der Waals surface area contributed by atoms with Crippen LogP contribution in [0.2, 0.25) is 0 Å². The van der Waals surface area contributed by atoms with Crippen molar-refractivity contribution in [2.24, 2.45) is 29.6 Å². The van der Waals surface area contributed by atoms with E-state index in [0.717, 1.165) is 40.8 Å². The number of hydrogen-bond donors (Lipinski definition) is 0. The Morgan fingerprint density at radius 3 is 1.76 bits per heavy atom. The van der Waals surface area contributed by atoms with Crippen LogP contribution in [0.5, 0.6) is 0 Å². The van der Waals surface area contributed by atoms with Gasteiger partial charge in [-0.25, -0.2) is 0 Å². The predicted molar refractivity (Wildman–Crippen MR) is 152 cm³/mol. The summed E-state index contributed by atoms with van der Waals surface area (Å²) in [5.74, 6) is 4.89. The van der Waals surface area contributed by atoms with Crippen LogP contribution in [0.15, 0.2) is 18.2 Å². The quantitative estimate of drug-likeness (QED) is 0.301. The molecule has 0 aromatic carbocycles. The molecule has 3 aromatic rings. The highest BCUT2D eigenvalue weighted by Gasteiger charge is 2.38. The van der Waals surface area contributed by atoms with Crippen molar-refractivity contribution in [2.75, 3.05) is 0 Å². The zero-order chi connectivity index (χ0) is 22.9. The summed E-state index contributed by atoms with van der Waals surface area (Å²) in [6.07, 6.45) is 26.7. The number of aldehydes is 1. The first-order valence-corrected chi connectivity index (χ1v) is 16.3. The summed E-state index contributed by atoms with van der Waals surface area (Å²) >= 11 is 5.39. The van der Waals surface area contributed by atoms with Crippen molar-refractivity contribution in [3.05, 3.63) is 28.0 Å². The molecule has 0 saturated heterocycles. The van der Waals surface area contributed by atoms with Gasteiger partial charge in [-0.2, -0.15) is 0 Å². The van der Waals surface area contributed by atoms with Crippen molar-refractivity contribution in [3.8, 4) is 0 Å². The Morgan fingerprint density at radius 2 is 1.18 bits per heavy atom. The molecule has 0 N–H and O–H groups in total. The largest absolute Gasteiger partial charge is 0.297 e. The number of carbonyl (C=O) groups is 1. The average Bonchev–Trinajstić information content (AvgIpc) is 3.55. The van der Waals surface area contributed by atoms with Gasteiger partial charge in [0.05, 0.1) is 14.3 Å². The van der Waals surface area contributed by atoms with Gasteiger partial charge >= 0.3 is 0 Å². The van der Waals surface area contributed by atoms with E-state index in [1.54, 1.807) is 11.3 Å². The Bertz CT molecular complexity index is 1110. The van der Waals surface area contributed by atoms with Gasteiger partial charge in [-0.3, -0.25) is 4.79 Å². The fraction of sp³-hybridized carbons (Fsp3) is 0.633. The minimum absolute atomic E-state index is 0.762. The summed E-state index contributed by atoms with van der Waals surface area (Å²) in [7, 11) is 0. The fourth-order valence-electron chi connectivity index (χ4n) is 7.66. The van der Waals surface area contributed by atoms with Gasteiger partial charge in [0, 0.05) is 14.3 Å². The van der Waals surface area contributed by atoms with E-state index >= 15 is 0 Å². The van der Waals surface area contributed by atoms with Gasteiger partial charge in [-0.1, -0.05) is 70.3 Å². The van der Waals surface area contributed by atoms with Crippen LogP contribution in [0.4, 0.5) is 0 Å². The Hall–Kier alpha value is -0.970. The van der Waals surface area contributed by atoms with Crippen LogP contribution in [0, 0.1) is 29.6 Å². The van der Waals surface area contributed by atoms with Crippen molar-refractivity contribution >= 4 is 65.2 Å². The van der Waals surface area contributed by atoms with E-state index in [-0.39, 0.29) is 0 Å². The lowest BCUT2D eigenvalue weighted by atomic mass is 9.61. The first-order chi connectivity index (χ1) is 16.8. The number of carbonyl (C=O) groups excluding carboxylic acids is 1. The zero-order valence-electron chi connectivity index (χ0n) is 20.3. The minimum atomic E-state index is 0.762. The molecule has 0 spiro atoms. The highest BCUT2D eigenvalue weighted by atomic mass is 32.1. The van der Waals surface area contributed by atoms with Crippen LogP contribution in [0.3, 0.4) is 0 Å². The molecule has 3 aliphatic rings. The average molecular weight is 511 g/mol. The maximum absolute atomic E-state index is 11.1. The van der Waals surface area contributed by atoms with E-state index in [2.05, 4.69) is 18.2 Å². The van der Waals surface area contributed by atoms with Crippen LogP contribution >= 0.6 is 34.0 Å². The van der Waals surface area contributed by atoms with Gasteiger partial charge in [0.15, 0.2) is 6.29 Å². The Labute approximate surface area is 216 Å². The first-order valence-electron chi connectivity index (χ1n) is 13.9. The second-order valence-corrected chi connectivity index (χ2v) is 14.6. The molecule has 0 amide bonds. The van der Waals surface area contributed by atoms with E-state index in [0.29, 0.717) is 0 Å². The summed E-state index contributed by atoms with van der Waals surface area (Å²) in [6, 6.07) is 4.41. The molecule has 4 heteroatoms. The molecule has 1 nitrogen and oxygen atoms in total. The van der Waals surface area contributed by atoms with Crippen LogP contribution in [-0.4, -0.2) is 6.29 Å². The Morgan fingerprint density at radius 1 is 0.647 bits per heavy atom. The molecule has 0 radical (unpaired) electrons. The van der Waals surface area contributed by atoms with Crippen LogP contribution < -0.4 is 0 Å². The third-order valence-corrected chi connectivity index (χ3v) is 12.9. The third kappa shape index (κ3) is 4.84. The monoisotopic (exact) mass is 510 g/mol. The molecule has 6 rings (SSSR count). The van der Waals surface area contributed by atoms with E-state index < -0.39 is 0 Å². The maximum atomic E-state index is 11.1. The highest BCUT2D eigenvalue weighted by molar-refractivity contribution is 7.39. The van der Waals surface area contributed by atoms with Gasteiger partial charge in [0.1, 0.15) is 0 Å². The number of fused-ring (bicyclic) bond motifs is 3. The third-order valence-electron chi connectivity index (χ3n) is 9.26. The molecule has 3 aromatic heterocycles. The second-order valence-electron chi connectivity index (χ2n) is 11.3. The summed E-state index contributed by atoms with van der Waals surface area (Å²) in [5, 5.41) is 0. The van der Waals surface area contributed by atoms with Crippen molar-refractivity contribution < 1.29 is 4.79 Å². The lowest BCUT2D eigenvalue weighted by Crippen LogP contribution is -2.35. The fourth-order valence-corrected chi connectivity index (χ4v) is 11.4. The molecule has 3 fully saturated rings. The van der Waals surface area contributed by atoms with Gasteiger partial charge in [0.2, 0.25) is 0 Å². The molecule has 3 saturated carbocycles. The standard InChI is InChI=1S/C30H38OS3/c31-19-25-18-27-30(33-25)29-26(34-27)17-24(32-29)16-13-20-11-14-23(15-12-20)28(21-7-3-1-4-8-21)22-9-5-2-6-10-22/h13,16-23,28H,1-12,14-15H2/b16-13+. The number of allylic oxidation sites excluding steroid dienone is 1. The van der Waals surface area contributed by atoms with Crippen LogP contribution in [0.25, 0.3) is 24.9 Å². The summed E-state index contributed by atoms with van der Waals surface area (Å²) in [6.45, 7) is 0. The molecule has 0 unspecified atom stereocenters. The highest BCUT2D eigenvalue weighted by Crippen LogP contribution is 2.49. The summed E-state index contributed by atoms with van der Waals surface area (Å²) in [4.78, 5) is 13.4. The smallest absolute Gasteiger partial charge is 0.160 e. The lowest BCUT2D eigenvalue weighted by Gasteiger charge is -2.44. The Balaban J connectivity index is 1.11. The van der Waals surface area contributed by atoms with E-state index in [4.69, 9.17) is 0 Å². The van der Waals surface area contributed by atoms with E-state index in [1.807, 2.05) is 28.7 Å². The van der Waals surface area contributed by atoms with Crippen LogP contribution in [-0.2, 0) is 0 Å². The SMILES string of the molecule is O=Cc1cc2sc3cc(/C=C/C4CCC(C(C5CCCCC5)C5CCCCC5)CC4)sc3c2s1. The molecule has 34 heavy (non-hydrogen) atoms. The molecule has 182 valence electrons. The lowest BCUT2D eigenvalue weighted by molar-refractivity contribution is 0.0620. The van der Waals surface area contributed by atoms with Crippen LogP contribution in [0.1, 0.15) is 104 Å². The molecule has 0 bridgehead atoms. The first kappa shape index (κ1) is 23.4. The normalized spacial score (nSPS) is 25.8. The number of thiophene rings is 3. The van der Waals surface area contributed by atoms with Gasteiger partial charge < -0.3 is 0 Å². The van der Waals surface area contributed by atoms with E-state index in [9.17, 15) is 4.79 Å². The predicted octanol–water partition coefficient (Wildman–Crippen LogP) is 10.6. The van der Waals surface area contributed by atoms with Crippen molar-refractivity contribution in [3.63, 3.8) is 0 Å². The molecule has 3 aliphatic carbocycles.